The lowest BCUT2D eigenvalue weighted by molar-refractivity contribution is -0.124. The van der Waals surface area contributed by atoms with Crippen LogP contribution < -0.4 is 19.7 Å². The first-order chi connectivity index (χ1) is 16.8. The Morgan fingerprint density at radius 2 is 1.89 bits per heavy atom. The lowest BCUT2D eigenvalue weighted by Crippen LogP contribution is -2.63. The number of methoxy groups -OCH3 is 2. The minimum atomic E-state index is -0.607. The molecule has 35 heavy (non-hydrogen) atoms. The number of imide groups is 1. The zero-order valence-electron chi connectivity index (χ0n) is 19.6. The fourth-order valence-electron chi connectivity index (χ4n) is 4.11. The molecule has 1 N–H and O–H groups in total. The predicted octanol–water partition coefficient (Wildman–Crippen LogP) is 3.28. The van der Waals surface area contributed by atoms with Crippen LogP contribution in [0.25, 0.3) is 0 Å². The van der Waals surface area contributed by atoms with E-state index in [1.54, 1.807) is 38.7 Å². The molecule has 2 aromatic carbocycles. The van der Waals surface area contributed by atoms with E-state index in [0.717, 1.165) is 10.5 Å². The minimum absolute atomic E-state index is 0.208. The van der Waals surface area contributed by atoms with Crippen LogP contribution in [0, 0.1) is 12.7 Å². The standard InChI is InChI=1S/C25H26FN3O5S/c1-15-12-17(5-6-18(15)26)29-24(31)23-19(9-11-35-23)28(25(29)32)14-22(30)27-10-8-16-4-7-20(33-2)21(13-16)34-3/h4-7,9,11-13,19,23H,8,10,14H2,1-3H3,(H,27,30). The minimum Gasteiger partial charge on any atom is -0.493 e. The number of amides is 4. The molecule has 2 aromatic rings. The van der Waals surface area contributed by atoms with Gasteiger partial charge in [-0.1, -0.05) is 12.1 Å². The molecule has 2 aliphatic rings. The van der Waals surface area contributed by atoms with Crippen molar-refractivity contribution in [3.8, 4) is 11.5 Å². The van der Waals surface area contributed by atoms with Crippen molar-refractivity contribution in [1.29, 1.82) is 0 Å². The summed E-state index contributed by atoms with van der Waals surface area (Å²) in [5.41, 5.74) is 1.56. The summed E-state index contributed by atoms with van der Waals surface area (Å²) in [4.78, 5) is 41.6. The zero-order valence-corrected chi connectivity index (χ0v) is 20.4. The van der Waals surface area contributed by atoms with E-state index in [4.69, 9.17) is 9.47 Å². The molecule has 184 valence electrons. The lowest BCUT2D eigenvalue weighted by atomic mass is 10.1. The van der Waals surface area contributed by atoms with Gasteiger partial charge in [-0.05, 0) is 60.2 Å². The fourth-order valence-corrected chi connectivity index (χ4v) is 5.15. The van der Waals surface area contributed by atoms with Gasteiger partial charge in [0.1, 0.15) is 17.6 Å². The van der Waals surface area contributed by atoms with Crippen molar-refractivity contribution in [2.24, 2.45) is 0 Å². The second-order valence-electron chi connectivity index (χ2n) is 8.18. The first-order valence-electron chi connectivity index (χ1n) is 11.0. The Bertz CT molecular complexity index is 1190. The van der Waals surface area contributed by atoms with E-state index in [1.807, 2.05) is 12.1 Å². The summed E-state index contributed by atoms with van der Waals surface area (Å²) < 4.78 is 24.3. The number of fused-ring (bicyclic) bond motifs is 1. The number of carbonyl (C=O) groups is 3. The molecule has 0 saturated carbocycles. The average Bonchev–Trinajstić information content (AvgIpc) is 3.34. The highest BCUT2D eigenvalue weighted by atomic mass is 32.2. The van der Waals surface area contributed by atoms with Crippen molar-refractivity contribution in [2.45, 2.75) is 24.6 Å². The number of hydrogen-bond acceptors (Lipinski definition) is 6. The van der Waals surface area contributed by atoms with Gasteiger partial charge >= 0.3 is 6.03 Å². The van der Waals surface area contributed by atoms with E-state index in [0.29, 0.717) is 30.0 Å². The second-order valence-corrected chi connectivity index (χ2v) is 9.23. The Labute approximate surface area is 207 Å². The number of thioether (sulfide) groups is 1. The Kier molecular flexibility index (Phi) is 7.30. The van der Waals surface area contributed by atoms with Gasteiger partial charge in [-0.3, -0.25) is 9.59 Å². The van der Waals surface area contributed by atoms with Gasteiger partial charge in [0.15, 0.2) is 11.5 Å². The van der Waals surface area contributed by atoms with Gasteiger partial charge in [0.2, 0.25) is 5.91 Å². The van der Waals surface area contributed by atoms with Crippen molar-refractivity contribution >= 4 is 35.3 Å². The number of aryl methyl sites for hydroxylation is 1. The van der Waals surface area contributed by atoms with Crippen LogP contribution in [0.3, 0.4) is 0 Å². The number of halogens is 1. The number of nitrogens with one attached hydrogen (secondary N) is 1. The van der Waals surface area contributed by atoms with Crippen LogP contribution in [0.2, 0.25) is 0 Å². The molecule has 0 aliphatic carbocycles. The van der Waals surface area contributed by atoms with Crippen LogP contribution in [-0.4, -0.2) is 61.3 Å². The van der Waals surface area contributed by atoms with Gasteiger partial charge in [0.25, 0.3) is 5.91 Å². The maximum Gasteiger partial charge on any atom is 0.332 e. The Morgan fingerprint density at radius 3 is 2.60 bits per heavy atom. The number of anilines is 1. The van der Waals surface area contributed by atoms with Crippen LogP contribution in [0.1, 0.15) is 11.1 Å². The highest BCUT2D eigenvalue weighted by Crippen LogP contribution is 2.36. The molecule has 2 heterocycles. The molecule has 0 spiro atoms. The van der Waals surface area contributed by atoms with Crippen LogP contribution in [-0.2, 0) is 16.0 Å². The molecular formula is C25H26FN3O5S. The quantitative estimate of drug-likeness (QED) is 0.600. The summed E-state index contributed by atoms with van der Waals surface area (Å²) in [6, 6.07) is 8.49. The Hall–Kier alpha value is -3.53. The maximum absolute atomic E-state index is 13.8. The normalized spacial score (nSPS) is 19.1. The maximum atomic E-state index is 13.8. The number of hydrogen-bond donors (Lipinski definition) is 1. The van der Waals surface area contributed by atoms with E-state index >= 15 is 0 Å². The molecule has 0 bridgehead atoms. The third-order valence-electron chi connectivity index (χ3n) is 5.97. The third-order valence-corrected chi connectivity index (χ3v) is 7.06. The number of ether oxygens (including phenoxy) is 2. The van der Waals surface area contributed by atoms with Gasteiger partial charge < -0.3 is 19.7 Å². The van der Waals surface area contributed by atoms with E-state index in [9.17, 15) is 18.8 Å². The van der Waals surface area contributed by atoms with Crippen molar-refractivity contribution in [1.82, 2.24) is 10.2 Å². The molecule has 4 amide bonds. The van der Waals surface area contributed by atoms with Crippen molar-refractivity contribution < 1.29 is 28.2 Å². The zero-order chi connectivity index (χ0) is 25.1. The topological polar surface area (TPSA) is 88.2 Å². The molecule has 0 radical (unpaired) electrons. The number of carbonyl (C=O) groups excluding carboxylic acids is 3. The molecule has 1 saturated heterocycles. The third kappa shape index (κ3) is 4.97. The number of urea groups is 1. The van der Waals surface area contributed by atoms with Crippen LogP contribution in [0.5, 0.6) is 11.5 Å². The van der Waals surface area contributed by atoms with E-state index in [1.165, 1.54) is 34.9 Å². The number of rotatable bonds is 8. The monoisotopic (exact) mass is 499 g/mol. The smallest absolute Gasteiger partial charge is 0.332 e. The molecule has 2 aliphatic heterocycles. The van der Waals surface area contributed by atoms with Gasteiger partial charge in [0, 0.05) is 6.54 Å². The first kappa shape index (κ1) is 24.6. The summed E-state index contributed by atoms with van der Waals surface area (Å²) >= 11 is 1.30. The molecule has 1 fully saturated rings. The molecular weight excluding hydrogens is 473 g/mol. The van der Waals surface area contributed by atoms with Gasteiger partial charge in [-0.2, -0.15) is 0 Å². The number of nitrogens with zero attached hydrogens (tertiary/aromatic N) is 2. The van der Waals surface area contributed by atoms with Crippen LogP contribution in [0.4, 0.5) is 14.9 Å². The molecule has 4 rings (SSSR count). The summed E-state index contributed by atoms with van der Waals surface area (Å²) in [5, 5.41) is 4.05. The molecule has 8 nitrogen and oxygen atoms in total. The molecule has 0 aromatic heterocycles. The summed E-state index contributed by atoms with van der Waals surface area (Å²) in [5.74, 6) is 0.0775. The highest BCUT2D eigenvalue weighted by molar-refractivity contribution is 8.03. The molecule has 2 unspecified atom stereocenters. The Balaban J connectivity index is 1.43. The van der Waals surface area contributed by atoms with Crippen molar-refractivity contribution in [3.05, 3.63) is 64.8 Å². The van der Waals surface area contributed by atoms with Crippen molar-refractivity contribution in [2.75, 3.05) is 32.2 Å². The fraction of sp³-hybridized carbons (Fsp3) is 0.320. The first-order valence-corrected chi connectivity index (χ1v) is 12.0. The van der Waals surface area contributed by atoms with E-state index in [2.05, 4.69) is 5.32 Å². The largest absolute Gasteiger partial charge is 0.493 e. The number of benzene rings is 2. The second kappa shape index (κ2) is 10.4. The van der Waals surface area contributed by atoms with Gasteiger partial charge in [-0.15, -0.1) is 11.8 Å². The van der Waals surface area contributed by atoms with E-state index < -0.39 is 23.1 Å². The average molecular weight is 500 g/mol. The summed E-state index contributed by atoms with van der Waals surface area (Å²) in [7, 11) is 3.12. The van der Waals surface area contributed by atoms with Gasteiger partial charge in [0.05, 0.1) is 25.9 Å². The SMILES string of the molecule is COc1ccc(CCNC(=O)CN2C(=O)N(c3ccc(F)c(C)c3)C(=O)C3SC=CC32)cc1OC. The Morgan fingerprint density at radius 1 is 1.11 bits per heavy atom. The van der Waals surface area contributed by atoms with Crippen LogP contribution >= 0.6 is 11.8 Å². The van der Waals surface area contributed by atoms with Crippen molar-refractivity contribution in [3.63, 3.8) is 0 Å². The lowest BCUT2D eigenvalue weighted by Gasteiger charge is -2.40. The van der Waals surface area contributed by atoms with E-state index in [-0.39, 0.29) is 24.0 Å². The highest BCUT2D eigenvalue weighted by Gasteiger charge is 2.48. The molecule has 10 heteroatoms. The predicted molar refractivity (Wildman–Crippen MR) is 131 cm³/mol. The molecule has 2 atom stereocenters. The summed E-state index contributed by atoms with van der Waals surface area (Å²) in [6.45, 7) is 1.71. The summed E-state index contributed by atoms with van der Waals surface area (Å²) in [6.07, 6.45) is 2.32. The van der Waals surface area contributed by atoms with Gasteiger partial charge in [-0.25, -0.2) is 14.1 Å². The van der Waals surface area contributed by atoms with Crippen LogP contribution in [0.15, 0.2) is 47.9 Å².